The van der Waals surface area contributed by atoms with Crippen molar-refractivity contribution in [3.8, 4) is 5.75 Å². The van der Waals surface area contributed by atoms with Crippen molar-refractivity contribution in [2.24, 2.45) is 0 Å². The minimum absolute atomic E-state index is 0.102. The monoisotopic (exact) mass is 525 g/mol. The fourth-order valence-electron chi connectivity index (χ4n) is 3.22. The lowest BCUT2D eigenvalue weighted by Crippen LogP contribution is -2.36. The van der Waals surface area contributed by atoms with Gasteiger partial charge in [-0.25, -0.2) is 4.79 Å². The minimum Gasteiger partial charge on any atom is -0.489 e. The molecule has 34 heavy (non-hydrogen) atoms. The Labute approximate surface area is 208 Å². The van der Waals surface area contributed by atoms with Crippen LogP contribution in [0.25, 0.3) is 6.08 Å². The standard InChI is InChI=1S/C22H27N3O6S3/c1-23-22(27)25(32)34(28,29)20-14-16(6-8-19(20)31-15-17-4-2-12-30-17)10-11-24-21(26)9-7-18-5-3-13-33-18/h3,5-9,13-14,17,32H,2,4,10-12,15H2,1H3,(H,23,27)(H,24,26)/b9-7+. The van der Waals surface area contributed by atoms with Crippen molar-refractivity contribution in [3.05, 3.63) is 52.2 Å². The van der Waals surface area contributed by atoms with E-state index in [1.165, 1.54) is 30.5 Å². The van der Waals surface area contributed by atoms with Crippen LogP contribution in [0.4, 0.5) is 4.79 Å². The summed E-state index contributed by atoms with van der Waals surface area (Å²) in [5.41, 5.74) is 0.643. The molecule has 1 aromatic carbocycles. The lowest BCUT2D eigenvalue weighted by Gasteiger charge is -2.20. The molecule has 1 saturated heterocycles. The zero-order valence-electron chi connectivity index (χ0n) is 18.6. The number of hydrogen-bond acceptors (Lipinski definition) is 8. The van der Waals surface area contributed by atoms with Crippen LogP contribution >= 0.6 is 24.2 Å². The number of nitrogens with zero attached hydrogens (tertiary/aromatic N) is 1. The van der Waals surface area contributed by atoms with Crippen molar-refractivity contribution in [1.82, 2.24) is 14.3 Å². The summed E-state index contributed by atoms with van der Waals surface area (Å²) in [5.74, 6) is -0.149. The molecule has 1 atom stereocenters. The molecule has 0 bridgehead atoms. The van der Waals surface area contributed by atoms with Crippen LogP contribution in [0, 0.1) is 0 Å². The first-order valence-corrected chi connectivity index (χ1v) is 13.4. The van der Waals surface area contributed by atoms with Gasteiger partial charge in [-0.15, -0.1) is 11.3 Å². The Balaban J connectivity index is 1.71. The molecular formula is C22H27N3O6S3. The summed E-state index contributed by atoms with van der Waals surface area (Å²) < 4.78 is 37.8. The molecule has 0 spiro atoms. The number of sulfonamides is 1. The number of amides is 3. The molecule has 0 radical (unpaired) electrons. The second-order valence-electron chi connectivity index (χ2n) is 7.42. The molecular weight excluding hydrogens is 498 g/mol. The molecule has 1 aromatic heterocycles. The molecule has 1 aliphatic heterocycles. The fraction of sp³-hybridized carbons (Fsp3) is 0.364. The van der Waals surface area contributed by atoms with Crippen LogP contribution in [-0.2, 0) is 26.0 Å². The number of nitrogens with one attached hydrogen (secondary N) is 2. The average molecular weight is 526 g/mol. The van der Waals surface area contributed by atoms with Crippen molar-refractivity contribution in [3.63, 3.8) is 0 Å². The van der Waals surface area contributed by atoms with E-state index in [1.807, 2.05) is 17.5 Å². The summed E-state index contributed by atoms with van der Waals surface area (Å²) in [7, 11) is -2.99. The predicted molar refractivity (Wildman–Crippen MR) is 133 cm³/mol. The van der Waals surface area contributed by atoms with Crippen LogP contribution in [0.3, 0.4) is 0 Å². The summed E-state index contributed by atoms with van der Waals surface area (Å²) in [6.07, 6.45) is 5.19. The minimum atomic E-state index is -4.30. The van der Waals surface area contributed by atoms with Gasteiger partial charge in [0, 0.05) is 31.2 Å². The molecule has 2 aromatic rings. The molecule has 1 unspecified atom stereocenters. The Hall–Kier alpha value is -2.54. The number of carbonyl (C=O) groups is 2. The lowest BCUT2D eigenvalue weighted by molar-refractivity contribution is -0.116. The highest BCUT2D eigenvalue weighted by molar-refractivity contribution is 8.00. The maximum absolute atomic E-state index is 13.1. The van der Waals surface area contributed by atoms with Crippen molar-refractivity contribution >= 4 is 52.2 Å². The van der Waals surface area contributed by atoms with Gasteiger partial charge in [-0.3, -0.25) is 4.79 Å². The van der Waals surface area contributed by atoms with Crippen molar-refractivity contribution in [2.45, 2.75) is 30.3 Å². The zero-order valence-corrected chi connectivity index (χ0v) is 21.1. The van der Waals surface area contributed by atoms with Gasteiger partial charge >= 0.3 is 6.03 Å². The van der Waals surface area contributed by atoms with Gasteiger partial charge in [0.15, 0.2) is 0 Å². The van der Waals surface area contributed by atoms with E-state index in [2.05, 4.69) is 23.4 Å². The summed E-state index contributed by atoms with van der Waals surface area (Å²) in [5, 5.41) is 6.93. The number of rotatable bonds is 10. The zero-order chi connectivity index (χ0) is 24.6. The molecule has 2 N–H and O–H groups in total. The highest BCUT2D eigenvalue weighted by atomic mass is 32.3. The summed E-state index contributed by atoms with van der Waals surface area (Å²) in [6, 6.07) is 7.60. The number of ether oxygens (including phenoxy) is 2. The third-order valence-corrected chi connectivity index (χ3v) is 8.17. The molecule has 2 heterocycles. The highest BCUT2D eigenvalue weighted by Gasteiger charge is 2.30. The van der Waals surface area contributed by atoms with E-state index in [0.717, 1.165) is 17.7 Å². The maximum Gasteiger partial charge on any atom is 0.341 e. The predicted octanol–water partition coefficient (Wildman–Crippen LogP) is 2.85. The number of urea groups is 1. The van der Waals surface area contributed by atoms with Crippen LogP contribution in [0.2, 0.25) is 0 Å². The molecule has 12 heteroatoms. The Kier molecular flexibility index (Phi) is 9.39. The molecule has 3 rings (SSSR count). The van der Waals surface area contributed by atoms with Gasteiger partial charge in [-0.1, -0.05) is 12.1 Å². The maximum atomic E-state index is 13.1. The second-order valence-corrected chi connectivity index (χ2v) is 10.8. The van der Waals surface area contributed by atoms with E-state index in [4.69, 9.17) is 9.47 Å². The van der Waals surface area contributed by atoms with E-state index in [9.17, 15) is 18.0 Å². The Bertz CT molecular complexity index is 1110. The number of benzene rings is 1. The number of thiol groups is 1. The topological polar surface area (TPSA) is 114 Å². The van der Waals surface area contributed by atoms with Gasteiger partial charge in [-0.2, -0.15) is 12.1 Å². The van der Waals surface area contributed by atoms with Gasteiger partial charge < -0.3 is 20.1 Å². The van der Waals surface area contributed by atoms with Crippen molar-refractivity contribution < 1.29 is 27.5 Å². The number of carbonyl (C=O) groups excluding carboxylic acids is 2. The normalized spacial score (nSPS) is 15.9. The smallest absolute Gasteiger partial charge is 0.341 e. The van der Waals surface area contributed by atoms with Gasteiger partial charge in [0.1, 0.15) is 17.3 Å². The van der Waals surface area contributed by atoms with Crippen LogP contribution < -0.4 is 15.4 Å². The Morgan fingerprint density at radius 2 is 2.18 bits per heavy atom. The van der Waals surface area contributed by atoms with E-state index in [1.54, 1.807) is 18.2 Å². The Morgan fingerprint density at radius 1 is 1.35 bits per heavy atom. The van der Waals surface area contributed by atoms with Crippen molar-refractivity contribution in [2.75, 3.05) is 26.8 Å². The first-order valence-electron chi connectivity index (χ1n) is 10.6. The average Bonchev–Trinajstić information content (AvgIpc) is 3.55. The lowest BCUT2D eigenvalue weighted by atomic mass is 10.1. The first kappa shape index (κ1) is 26.1. The summed E-state index contributed by atoms with van der Waals surface area (Å²) in [6.45, 7) is 1.14. The highest BCUT2D eigenvalue weighted by Crippen LogP contribution is 2.30. The fourth-order valence-corrected chi connectivity index (χ4v) is 5.38. The third kappa shape index (κ3) is 6.98. The SMILES string of the molecule is CNC(=O)N(S)S(=O)(=O)c1cc(CCNC(=O)/C=C/c2cccs2)ccc1OCC1CCCO1. The third-order valence-electron chi connectivity index (χ3n) is 5.01. The van der Waals surface area contributed by atoms with E-state index >= 15 is 0 Å². The quantitative estimate of drug-likeness (QED) is 0.325. The van der Waals surface area contributed by atoms with Crippen LogP contribution in [0.15, 0.2) is 46.7 Å². The number of hydrogen-bond donors (Lipinski definition) is 3. The molecule has 9 nitrogen and oxygen atoms in total. The molecule has 0 saturated carbocycles. The van der Waals surface area contributed by atoms with E-state index < -0.39 is 16.1 Å². The molecule has 1 fully saturated rings. The van der Waals surface area contributed by atoms with E-state index in [0.29, 0.717) is 28.8 Å². The first-order chi connectivity index (χ1) is 16.3. The van der Waals surface area contributed by atoms with E-state index in [-0.39, 0.29) is 29.3 Å². The van der Waals surface area contributed by atoms with Crippen LogP contribution in [0.1, 0.15) is 23.3 Å². The van der Waals surface area contributed by atoms with Gasteiger partial charge in [0.25, 0.3) is 10.0 Å². The van der Waals surface area contributed by atoms with Gasteiger partial charge in [-0.05, 0) is 67.3 Å². The van der Waals surface area contributed by atoms with Crippen LogP contribution in [0.5, 0.6) is 5.75 Å². The van der Waals surface area contributed by atoms with Gasteiger partial charge in [0.2, 0.25) is 5.91 Å². The summed E-state index contributed by atoms with van der Waals surface area (Å²) in [4.78, 5) is 24.7. The number of thiophene rings is 1. The van der Waals surface area contributed by atoms with Gasteiger partial charge in [0.05, 0.1) is 6.10 Å². The molecule has 1 aliphatic rings. The molecule has 0 aliphatic carbocycles. The second kappa shape index (κ2) is 12.2. The molecule has 184 valence electrons. The summed E-state index contributed by atoms with van der Waals surface area (Å²) >= 11 is 5.40. The molecule has 3 amide bonds. The van der Waals surface area contributed by atoms with Crippen LogP contribution in [-0.4, -0.2) is 57.0 Å². The largest absolute Gasteiger partial charge is 0.489 e. The van der Waals surface area contributed by atoms with Crippen molar-refractivity contribution in [1.29, 1.82) is 0 Å². The Morgan fingerprint density at radius 3 is 2.85 bits per heavy atom.